The van der Waals surface area contributed by atoms with Gasteiger partial charge in [0.1, 0.15) is 5.82 Å². The lowest BCUT2D eigenvalue weighted by Gasteiger charge is -2.37. The summed E-state index contributed by atoms with van der Waals surface area (Å²) in [6.07, 6.45) is -1.34. The summed E-state index contributed by atoms with van der Waals surface area (Å²) in [6.45, 7) is 0. The van der Waals surface area contributed by atoms with Gasteiger partial charge in [0.15, 0.2) is 0 Å². The van der Waals surface area contributed by atoms with Crippen molar-refractivity contribution in [2.45, 2.75) is 37.1 Å². The van der Waals surface area contributed by atoms with Gasteiger partial charge in [-0.1, -0.05) is 6.07 Å². The molecule has 19 heavy (non-hydrogen) atoms. The first-order valence-corrected chi connectivity index (χ1v) is 5.85. The van der Waals surface area contributed by atoms with Gasteiger partial charge in [-0.15, -0.1) is 0 Å². The lowest BCUT2D eigenvalue weighted by molar-refractivity contribution is -0.386. The zero-order chi connectivity index (χ0) is 14.3. The molecule has 1 aromatic carbocycles. The average molecular weight is 274 g/mol. The smallest absolute Gasteiger partial charge is 0.277 e. The number of hydrogen-bond acceptors (Lipinski definition) is 3. The molecule has 1 aliphatic rings. The fourth-order valence-electron chi connectivity index (χ4n) is 2.47. The van der Waals surface area contributed by atoms with E-state index in [-0.39, 0.29) is 18.4 Å². The van der Waals surface area contributed by atoms with Crippen molar-refractivity contribution in [2.24, 2.45) is 5.73 Å². The van der Waals surface area contributed by atoms with Gasteiger partial charge < -0.3 is 5.73 Å². The molecule has 0 spiro atoms. The Labute approximate surface area is 107 Å². The fourth-order valence-corrected chi connectivity index (χ4v) is 2.47. The van der Waals surface area contributed by atoms with Crippen molar-refractivity contribution in [1.82, 2.24) is 0 Å². The molecule has 1 aliphatic carbocycles. The zero-order valence-corrected chi connectivity index (χ0v) is 10.0. The van der Waals surface area contributed by atoms with Crippen LogP contribution in [0.15, 0.2) is 18.2 Å². The Hall–Kier alpha value is -1.63. The van der Waals surface area contributed by atoms with Crippen molar-refractivity contribution >= 4 is 5.69 Å². The second kappa shape index (κ2) is 4.48. The molecule has 0 amide bonds. The summed E-state index contributed by atoms with van der Waals surface area (Å²) in [5.41, 5.74) is 3.84. The number of nitrogens with two attached hydrogens (primary N) is 1. The van der Waals surface area contributed by atoms with Crippen LogP contribution in [0.5, 0.6) is 0 Å². The molecule has 0 aliphatic heterocycles. The van der Waals surface area contributed by atoms with Gasteiger partial charge in [0, 0.05) is 18.9 Å². The average Bonchev–Trinajstić information content (AvgIpc) is 2.33. The summed E-state index contributed by atoms with van der Waals surface area (Å²) in [7, 11) is 0. The lowest BCUT2D eigenvalue weighted by Crippen LogP contribution is -2.44. The van der Waals surface area contributed by atoms with Crippen LogP contribution < -0.4 is 5.73 Å². The molecule has 0 radical (unpaired) electrons. The van der Waals surface area contributed by atoms with Gasteiger partial charge in [0.05, 0.1) is 16.0 Å². The van der Waals surface area contributed by atoms with E-state index in [0.29, 0.717) is 0 Å². The second-order valence-electron chi connectivity index (χ2n) is 4.90. The van der Waals surface area contributed by atoms with Crippen molar-refractivity contribution in [1.29, 1.82) is 0 Å². The van der Waals surface area contributed by atoms with Gasteiger partial charge >= 0.3 is 0 Å². The first kappa shape index (κ1) is 13.8. The van der Waals surface area contributed by atoms with Gasteiger partial charge in [0.25, 0.3) is 5.69 Å². The van der Waals surface area contributed by atoms with Crippen molar-refractivity contribution in [3.05, 3.63) is 39.7 Å². The lowest BCUT2D eigenvalue weighted by atomic mass is 9.75. The Bertz CT molecular complexity index is 510. The molecule has 0 bridgehead atoms. The Kier molecular flexibility index (Phi) is 3.25. The van der Waals surface area contributed by atoms with E-state index in [1.165, 1.54) is 6.07 Å². The first-order chi connectivity index (χ1) is 8.75. The highest BCUT2D eigenvalue weighted by Gasteiger charge is 2.45. The number of hydrogen-bond donors (Lipinski definition) is 1. The summed E-state index contributed by atoms with van der Waals surface area (Å²) in [5, 5.41) is 10.9. The van der Waals surface area contributed by atoms with Crippen LogP contribution in [0.1, 0.15) is 31.2 Å². The summed E-state index contributed by atoms with van der Waals surface area (Å²) >= 11 is 0. The number of benzene rings is 1. The SMILES string of the molecule is NC1(c2c(F)cccc2[N+](=O)[O-])CCC(F)(F)CC1. The van der Waals surface area contributed by atoms with Gasteiger partial charge in [0.2, 0.25) is 5.92 Å². The van der Waals surface area contributed by atoms with Crippen LogP contribution in [0.25, 0.3) is 0 Å². The van der Waals surface area contributed by atoms with Crippen molar-refractivity contribution < 1.29 is 18.1 Å². The van der Waals surface area contributed by atoms with E-state index in [4.69, 9.17) is 5.73 Å². The number of nitro groups is 1. The topological polar surface area (TPSA) is 69.2 Å². The third-order valence-corrected chi connectivity index (χ3v) is 3.56. The van der Waals surface area contributed by atoms with Gasteiger partial charge in [-0.3, -0.25) is 10.1 Å². The second-order valence-corrected chi connectivity index (χ2v) is 4.90. The van der Waals surface area contributed by atoms with E-state index >= 15 is 0 Å². The van der Waals surface area contributed by atoms with Gasteiger partial charge in [-0.25, -0.2) is 13.2 Å². The van der Waals surface area contributed by atoms with Crippen LogP contribution in [0, 0.1) is 15.9 Å². The Morgan fingerprint density at radius 1 is 1.21 bits per heavy atom. The minimum atomic E-state index is -2.83. The standard InChI is InChI=1S/C12H13F3N2O2/c13-8-2-1-3-9(17(18)19)10(8)11(16)4-6-12(14,15)7-5-11/h1-3H,4-7,16H2. The number of nitro benzene ring substituents is 1. The number of alkyl halides is 2. The third kappa shape index (κ3) is 2.56. The fraction of sp³-hybridized carbons (Fsp3) is 0.500. The van der Waals surface area contributed by atoms with E-state index in [1.54, 1.807) is 0 Å². The quantitative estimate of drug-likeness (QED) is 0.665. The van der Waals surface area contributed by atoms with Crippen molar-refractivity contribution in [3.63, 3.8) is 0 Å². The molecule has 1 saturated carbocycles. The molecule has 0 aromatic heterocycles. The Morgan fingerprint density at radius 2 is 1.79 bits per heavy atom. The van der Waals surface area contributed by atoms with E-state index in [1.807, 2.05) is 0 Å². The zero-order valence-electron chi connectivity index (χ0n) is 10.0. The summed E-state index contributed by atoms with van der Waals surface area (Å²) in [5.74, 6) is -3.65. The maximum atomic E-state index is 13.9. The van der Waals surface area contributed by atoms with E-state index in [9.17, 15) is 23.3 Å². The van der Waals surface area contributed by atoms with Crippen LogP contribution >= 0.6 is 0 Å². The molecule has 7 heteroatoms. The number of nitrogens with zero attached hydrogens (tertiary/aromatic N) is 1. The Balaban J connectivity index is 2.44. The maximum absolute atomic E-state index is 13.9. The van der Waals surface area contributed by atoms with Crippen LogP contribution in [-0.2, 0) is 5.54 Å². The minimum absolute atomic E-state index is 0.179. The normalized spacial score (nSPS) is 21.1. The maximum Gasteiger partial charge on any atom is 0.277 e. The van der Waals surface area contributed by atoms with Crippen molar-refractivity contribution in [3.8, 4) is 0 Å². The Morgan fingerprint density at radius 3 is 2.32 bits per heavy atom. The van der Waals surface area contributed by atoms with Gasteiger partial charge in [-0.2, -0.15) is 0 Å². The predicted octanol–water partition coefficient (Wildman–Crippen LogP) is 3.10. The highest BCUT2D eigenvalue weighted by atomic mass is 19.3. The monoisotopic (exact) mass is 274 g/mol. The first-order valence-electron chi connectivity index (χ1n) is 5.85. The molecule has 104 valence electrons. The molecular weight excluding hydrogens is 261 g/mol. The van der Waals surface area contributed by atoms with Gasteiger partial charge in [-0.05, 0) is 18.9 Å². The summed E-state index contributed by atoms with van der Waals surface area (Å²) in [6, 6.07) is 3.40. The molecule has 0 saturated heterocycles. The van der Waals surface area contributed by atoms with E-state index < -0.39 is 40.7 Å². The summed E-state index contributed by atoms with van der Waals surface area (Å²) in [4.78, 5) is 10.2. The molecule has 0 heterocycles. The van der Waals surface area contributed by atoms with Crippen LogP contribution in [-0.4, -0.2) is 10.8 Å². The number of rotatable bonds is 2. The van der Waals surface area contributed by atoms with Crippen LogP contribution in [0.3, 0.4) is 0 Å². The number of halogens is 3. The molecule has 2 rings (SSSR count). The molecule has 1 aromatic rings. The molecular formula is C12H13F3N2O2. The molecule has 0 unspecified atom stereocenters. The summed E-state index contributed by atoms with van der Waals surface area (Å²) < 4.78 is 40.1. The predicted molar refractivity (Wildman–Crippen MR) is 62.3 cm³/mol. The van der Waals surface area contributed by atoms with Crippen molar-refractivity contribution in [2.75, 3.05) is 0 Å². The van der Waals surface area contributed by atoms with E-state index in [0.717, 1.165) is 12.1 Å². The largest absolute Gasteiger partial charge is 0.321 e. The molecule has 1 fully saturated rings. The highest BCUT2D eigenvalue weighted by Crippen LogP contribution is 2.45. The molecule has 0 atom stereocenters. The third-order valence-electron chi connectivity index (χ3n) is 3.56. The highest BCUT2D eigenvalue weighted by molar-refractivity contribution is 5.46. The van der Waals surface area contributed by atoms with Crippen LogP contribution in [0.4, 0.5) is 18.9 Å². The molecule has 4 nitrogen and oxygen atoms in total. The molecule has 2 N–H and O–H groups in total. The van der Waals surface area contributed by atoms with E-state index in [2.05, 4.69) is 0 Å². The minimum Gasteiger partial charge on any atom is -0.321 e. The van der Waals surface area contributed by atoms with Crippen LogP contribution in [0.2, 0.25) is 0 Å².